The Morgan fingerprint density at radius 1 is 1.44 bits per heavy atom. The van der Waals surface area contributed by atoms with Crippen LogP contribution in [0, 0.1) is 0 Å². The third-order valence-electron chi connectivity index (χ3n) is 2.77. The van der Waals surface area contributed by atoms with E-state index < -0.39 is 11.6 Å². The lowest BCUT2D eigenvalue weighted by molar-refractivity contribution is 0.0514. The van der Waals surface area contributed by atoms with Gasteiger partial charge in [-0.25, -0.2) is 4.79 Å². The predicted octanol–water partition coefficient (Wildman–Crippen LogP) is 2.61. The minimum atomic E-state index is -0.530. The molecule has 0 unspecified atom stereocenters. The van der Waals surface area contributed by atoms with Crippen LogP contribution in [-0.2, 0) is 4.74 Å². The average Bonchev–Trinajstić information content (AvgIpc) is 2.26. The van der Waals surface area contributed by atoms with Crippen molar-refractivity contribution in [1.29, 1.82) is 0 Å². The standard InChI is InChI=1S/C14H16O4/c1-4-17-13(16)9-5-6-10-11(15)8-14(2,3)18-12(10)7-9/h5-7H,4,8H2,1-3H3. The number of esters is 1. The summed E-state index contributed by atoms with van der Waals surface area (Å²) in [6.45, 7) is 5.77. The number of Topliss-reactive ketones (excluding diaryl/α,β-unsaturated/α-hetero) is 1. The molecule has 0 spiro atoms. The van der Waals surface area contributed by atoms with E-state index >= 15 is 0 Å². The summed E-state index contributed by atoms with van der Waals surface area (Å²) in [5.41, 5.74) is 0.403. The maximum absolute atomic E-state index is 11.9. The highest BCUT2D eigenvalue weighted by molar-refractivity contribution is 6.01. The Labute approximate surface area is 106 Å². The van der Waals surface area contributed by atoms with E-state index in [1.165, 1.54) is 0 Å². The molecule has 1 aliphatic heterocycles. The van der Waals surface area contributed by atoms with Crippen molar-refractivity contribution in [1.82, 2.24) is 0 Å². The van der Waals surface area contributed by atoms with Gasteiger partial charge in [0.1, 0.15) is 11.4 Å². The Kier molecular flexibility index (Phi) is 3.11. The van der Waals surface area contributed by atoms with E-state index in [9.17, 15) is 9.59 Å². The fourth-order valence-corrected chi connectivity index (χ4v) is 1.99. The number of fused-ring (bicyclic) bond motifs is 1. The zero-order chi connectivity index (χ0) is 13.3. The van der Waals surface area contributed by atoms with Gasteiger partial charge in [0.2, 0.25) is 0 Å². The number of ketones is 1. The van der Waals surface area contributed by atoms with Crippen LogP contribution >= 0.6 is 0 Å². The van der Waals surface area contributed by atoms with Crippen LogP contribution in [0.2, 0.25) is 0 Å². The molecule has 0 saturated heterocycles. The number of carbonyl (C=O) groups is 2. The summed E-state index contributed by atoms with van der Waals surface area (Å²) in [6.07, 6.45) is 0.346. The summed E-state index contributed by atoms with van der Waals surface area (Å²) < 4.78 is 10.6. The molecule has 0 bridgehead atoms. The normalized spacial score (nSPS) is 16.7. The number of benzene rings is 1. The third-order valence-corrected chi connectivity index (χ3v) is 2.77. The molecule has 1 aromatic carbocycles. The van der Waals surface area contributed by atoms with Crippen LogP contribution in [-0.4, -0.2) is 24.0 Å². The molecule has 4 heteroatoms. The summed E-state index contributed by atoms with van der Waals surface area (Å²) in [4.78, 5) is 23.5. The summed E-state index contributed by atoms with van der Waals surface area (Å²) in [5.74, 6) is 0.0955. The minimum Gasteiger partial charge on any atom is -0.487 e. The van der Waals surface area contributed by atoms with Gasteiger partial charge in [-0.3, -0.25) is 4.79 Å². The molecule has 0 radical (unpaired) electrons. The highest BCUT2D eigenvalue weighted by Gasteiger charge is 2.32. The SMILES string of the molecule is CCOC(=O)c1ccc2c(c1)OC(C)(C)CC2=O. The first kappa shape index (κ1) is 12.6. The Hall–Kier alpha value is -1.84. The van der Waals surface area contributed by atoms with Crippen LogP contribution in [0.15, 0.2) is 18.2 Å². The predicted molar refractivity (Wildman–Crippen MR) is 66.1 cm³/mol. The van der Waals surface area contributed by atoms with Crippen LogP contribution in [0.4, 0.5) is 0 Å². The van der Waals surface area contributed by atoms with Crippen molar-refractivity contribution in [3.63, 3.8) is 0 Å². The molecule has 0 atom stereocenters. The molecule has 1 aromatic rings. The Morgan fingerprint density at radius 2 is 2.17 bits per heavy atom. The van der Waals surface area contributed by atoms with E-state index in [1.54, 1.807) is 25.1 Å². The average molecular weight is 248 g/mol. The number of carbonyl (C=O) groups excluding carboxylic acids is 2. The molecule has 0 fully saturated rings. The number of hydrogen-bond acceptors (Lipinski definition) is 4. The summed E-state index contributed by atoms with van der Waals surface area (Å²) in [6, 6.07) is 4.79. The van der Waals surface area contributed by atoms with E-state index in [0.29, 0.717) is 29.9 Å². The lowest BCUT2D eigenvalue weighted by Gasteiger charge is -2.31. The number of hydrogen-bond donors (Lipinski definition) is 0. The topological polar surface area (TPSA) is 52.6 Å². The van der Waals surface area contributed by atoms with Gasteiger partial charge >= 0.3 is 5.97 Å². The Morgan fingerprint density at radius 3 is 2.83 bits per heavy atom. The molecule has 0 amide bonds. The second-order valence-corrected chi connectivity index (χ2v) is 4.89. The van der Waals surface area contributed by atoms with Crippen LogP contribution < -0.4 is 4.74 Å². The van der Waals surface area contributed by atoms with Crippen molar-refractivity contribution in [2.45, 2.75) is 32.8 Å². The highest BCUT2D eigenvalue weighted by atomic mass is 16.5. The molecule has 1 aliphatic rings. The fraction of sp³-hybridized carbons (Fsp3) is 0.429. The molecule has 0 saturated carbocycles. The van der Waals surface area contributed by atoms with E-state index in [1.807, 2.05) is 13.8 Å². The second kappa shape index (κ2) is 4.44. The second-order valence-electron chi connectivity index (χ2n) is 4.89. The zero-order valence-electron chi connectivity index (χ0n) is 10.8. The lowest BCUT2D eigenvalue weighted by Crippen LogP contribution is -2.36. The van der Waals surface area contributed by atoms with Crippen LogP contribution in [0.25, 0.3) is 0 Å². The summed E-state index contributed by atoms with van der Waals surface area (Å²) in [7, 11) is 0. The number of rotatable bonds is 2. The molecule has 0 N–H and O–H groups in total. The molecular formula is C14H16O4. The number of ether oxygens (including phenoxy) is 2. The maximum Gasteiger partial charge on any atom is 0.338 e. The van der Waals surface area contributed by atoms with Crippen molar-refractivity contribution in [2.75, 3.05) is 6.61 Å². The van der Waals surface area contributed by atoms with Crippen molar-refractivity contribution in [3.05, 3.63) is 29.3 Å². The summed E-state index contributed by atoms with van der Waals surface area (Å²) >= 11 is 0. The van der Waals surface area contributed by atoms with E-state index in [-0.39, 0.29) is 5.78 Å². The zero-order valence-corrected chi connectivity index (χ0v) is 10.8. The maximum atomic E-state index is 11.9. The fourth-order valence-electron chi connectivity index (χ4n) is 1.99. The van der Waals surface area contributed by atoms with Crippen molar-refractivity contribution < 1.29 is 19.1 Å². The quantitative estimate of drug-likeness (QED) is 0.755. The van der Waals surface area contributed by atoms with Gasteiger partial charge < -0.3 is 9.47 Å². The van der Waals surface area contributed by atoms with E-state index in [4.69, 9.17) is 9.47 Å². The molecule has 4 nitrogen and oxygen atoms in total. The smallest absolute Gasteiger partial charge is 0.338 e. The van der Waals surface area contributed by atoms with Gasteiger partial charge in [0.05, 0.1) is 24.2 Å². The minimum absolute atomic E-state index is 0.0386. The van der Waals surface area contributed by atoms with Gasteiger partial charge in [0.25, 0.3) is 0 Å². The Bertz CT molecular complexity index is 503. The van der Waals surface area contributed by atoms with Crippen LogP contribution in [0.5, 0.6) is 5.75 Å². The molecule has 18 heavy (non-hydrogen) atoms. The van der Waals surface area contributed by atoms with E-state index in [2.05, 4.69) is 0 Å². The monoisotopic (exact) mass is 248 g/mol. The molecule has 0 aliphatic carbocycles. The van der Waals surface area contributed by atoms with Crippen LogP contribution in [0.1, 0.15) is 47.9 Å². The van der Waals surface area contributed by atoms with Crippen molar-refractivity contribution in [3.8, 4) is 5.75 Å². The van der Waals surface area contributed by atoms with Gasteiger partial charge in [-0.05, 0) is 39.0 Å². The van der Waals surface area contributed by atoms with Gasteiger partial charge in [0.15, 0.2) is 5.78 Å². The molecule has 1 heterocycles. The summed E-state index contributed by atoms with van der Waals surface area (Å²) in [5, 5.41) is 0. The Balaban J connectivity index is 2.37. The first-order valence-electron chi connectivity index (χ1n) is 5.96. The molecular weight excluding hydrogens is 232 g/mol. The van der Waals surface area contributed by atoms with Crippen LogP contribution in [0.3, 0.4) is 0 Å². The van der Waals surface area contributed by atoms with Gasteiger partial charge in [-0.1, -0.05) is 0 Å². The first-order valence-corrected chi connectivity index (χ1v) is 5.96. The molecule has 0 aromatic heterocycles. The van der Waals surface area contributed by atoms with Crippen molar-refractivity contribution >= 4 is 11.8 Å². The van der Waals surface area contributed by atoms with Crippen molar-refractivity contribution in [2.24, 2.45) is 0 Å². The molecule has 96 valence electrons. The van der Waals surface area contributed by atoms with E-state index in [0.717, 1.165) is 0 Å². The third kappa shape index (κ3) is 2.37. The van der Waals surface area contributed by atoms with Gasteiger partial charge in [-0.15, -0.1) is 0 Å². The first-order chi connectivity index (χ1) is 8.43. The van der Waals surface area contributed by atoms with Gasteiger partial charge in [0, 0.05) is 0 Å². The largest absolute Gasteiger partial charge is 0.487 e. The lowest BCUT2D eigenvalue weighted by atomic mass is 9.92. The highest BCUT2D eigenvalue weighted by Crippen LogP contribution is 2.33. The van der Waals surface area contributed by atoms with Gasteiger partial charge in [-0.2, -0.15) is 0 Å². The molecule has 2 rings (SSSR count).